The second-order valence-corrected chi connectivity index (χ2v) is 5.19. The van der Waals surface area contributed by atoms with Gasteiger partial charge in [-0.1, -0.05) is 41.9 Å². The number of hydrogen-bond acceptors (Lipinski definition) is 1. The summed E-state index contributed by atoms with van der Waals surface area (Å²) in [6, 6.07) is 13.7. The van der Waals surface area contributed by atoms with Crippen LogP contribution in [0.2, 0.25) is 5.02 Å². The summed E-state index contributed by atoms with van der Waals surface area (Å²) in [5.74, 6) is -0.691. The molecule has 2 aromatic rings. The predicted molar refractivity (Wildman–Crippen MR) is 81.7 cm³/mol. The van der Waals surface area contributed by atoms with Crippen LogP contribution in [0.4, 0.5) is 10.1 Å². The zero-order chi connectivity index (χ0) is 15.2. The number of halogens is 2. The Morgan fingerprint density at radius 2 is 1.90 bits per heavy atom. The van der Waals surface area contributed by atoms with E-state index in [1.54, 1.807) is 12.1 Å². The molecule has 0 unspecified atom stereocenters. The summed E-state index contributed by atoms with van der Waals surface area (Å²) in [5, 5.41) is 5.09. The van der Waals surface area contributed by atoms with E-state index in [9.17, 15) is 9.18 Å². The molecule has 0 saturated carbocycles. The highest BCUT2D eigenvalue weighted by molar-refractivity contribution is 6.31. The molecule has 21 heavy (non-hydrogen) atoms. The third kappa shape index (κ3) is 4.28. The lowest BCUT2D eigenvalue weighted by molar-refractivity contribution is -0.682. The van der Waals surface area contributed by atoms with Crippen LogP contribution in [0.1, 0.15) is 18.5 Å². The zero-order valence-electron chi connectivity index (χ0n) is 11.6. The van der Waals surface area contributed by atoms with Crippen molar-refractivity contribution in [3.05, 3.63) is 64.9 Å². The largest absolute Gasteiger partial charge is 0.332 e. The van der Waals surface area contributed by atoms with Crippen LogP contribution in [0.3, 0.4) is 0 Å². The van der Waals surface area contributed by atoms with Gasteiger partial charge in [-0.05, 0) is 25.1 Å². The summed E-state index contributed by atoms with van der Waals surface area (Å²) in [6.45, 7) is 2.16. The molecule has 0 aliphatic heterocycles. The van der Waals surface area contributed by atoms with E-state index in [0.717, 1.165) is 5.56 Å². The van der Waals surface area contributed by atoms with Gasteiger partial charge in [-0.2, -0.15) is 0 Å². The maximum absolute atomic E-state index is 13.4. The SMILES string of the molecule is C[C@H]([NH2+]CC(=O)Nc1ccccc1F)c1ccccc1Cl. The third-order valence-corrected chi connectivity index (χ3v) is 3.54. The average Bonchev–Trinajstić information content (AvgIpc) is 2.48. The van der Waals surface area contributed by atoms with E-state index >= 15 is 0 Å². The fourth-order valence-electron chi connectivity index (χ4n) is 2.02. The molecule has 5 heteroatoms. The number of hydrogen-bond donors (Lipinski definition) is 2. The monoisotopic (exact) mass is 307 g/mol. The average molecular weight is 308 g/mol. The first-order valence-electron chi connectivity index (χ1n) is 6.70. The summed E-state index contributed by atoms with van der Waals surface area (Å²) >= 11 is 6.11. The van der Waals surface area contributed by atoms with Gasteiger partial charge in [0, 0.05) is 10.6 Å². The lowest BCUT2D eigenvalue weighted by Gasteiger charge is -2.12. The van der Waals surface area contributed by atoms with Gasteiger partial charge in [-0.25, -0.2) is 4.39 Å². The molecule has 0 heterocycles. The van der Waals surface area contributed by atoms with Crippen LogP contribution in [-0.4, -0.2) is 12.5 Å². The molecule has 0 fully saturated rings. The number of carbonyl (C=O) groups excluding carboxylic acids is 1. The summed E-state index contributed by atoms with van der Waals surface area (Å²) in [6.07, 6.45) is 0. The number of carbonyl (C=O) groups is 1. The molecule has 1 atom stereocenters. The fourth-order valence-corrected chi connectivity index (χ4v) is 2.33. The van der Waals surface area contributed by atoms with Gasteiger partial charge < -0.3 is 10.6 Å². The van der Waals surface area contributed by atoms with Gasteiger partial charge in [0.25, 0.3) is 5.91 Å². The van der Waals surface area contributed by atoms with Crippen LogP contribution in [0.25, 0.3) is 0 Å². The van der Waals surface area contributed by atoms with Crippen LogP contribution in [-0.2, 0) is 4.79 Å². The molecular weight excluding hydrogens is 291 g/mol. The Kier molecular flexibility index (Phi) is 5.31. The maximum Gasteiger partial charge on any atom is 0.279 e. The lowest BCUT2D eigenvalue weighted by Crippen LogP contribution is -2.86. The van der Waals surface area contributed by atoms with Crippen molar-refractivity contribution >= 4 is 23.2 Å². The van der Waals surface area contributed by atoms with Crippen molar-refractivity contribution in [3.63, 3.8) is 0 Å². The minimum Gasteiger partial charge on any atom is -0.332 e. The molecular formula is C16H17ClFN2O+. The standard InChI is InChI=1S/C16H16ClFN2O/c1-11(12-6-2-3-7-13(12)17)19-10-16(21)20-15-9-5-4-8-14(15)18/h2-9,11,19H,10H2,1H3,(H,20,21)/p+1/t11-/m0/s1. The molecule has 3 nitrogen and oxygen atoms in total. The Labute approximate surface area is 128 Å². The van der Waals surface area contributed by atoms with Crippen molar-refractivity contribution in [3.8, 4) is 0 Å². The quantitative estimate of drug-likeness (QED) is 0.876. The Hall–Kier alpha value is -1.91. The van der Waals surface area contributed by atoms with Crippen molar-refractivity contribution in [2.24, 2.45) is 0 Å². The fraction of sp³-hybridized carbons (Fsp3) is 0.188. The highest BCUT2D eigenvalue weighted by atomic mass is 35.5. The van der Waals surface area contributed by atoms with Crippen molar-refractivity contribution in [2.45, 2.75) is 13.0 Å². The first kappa shape index (κ1) is 15.5. The van der Waals surface area contributed by atoms with Gasteiger partial charge in [0.15, 0.2) is 6.54 Å². The number of rotatable bonds is 5. The van der Waals surface area contributed by atoms with E-state index in [0.29, 0.717) is 5.02 Å². The van der Waals surface area contributed by atoms with Crippen molar-refractivity contribution in [1.82, 2.24) is 0 Å². The molecule has 0 aliphatic carbocycles. The van der Waals surface area contributed by atoms with Crippen LogP contribution < -0.4 is 10.6 Å². The number of quaternary nitrogens is 1. The van der Waals surface area contributed by atoms with Crippen LogP contribution in [0, 0.1) is 5.82 Å². The third-order valence-electron chi connectivity index (χ3n) is 3.20. The number of nitrogens with one attached hydrogen (secondary N) is 1. The molecule has 2 aromatic carbocycles. The Bertz CT molecular complexity index is 633. The van der Waals surface area contributed by atoms with E-state index < -0.39 is 5.82 Å². The topological polar surface area (TPSA) is 45.7 Å². The maximum atomic E-state index is 13.4. The second kappa shape index (κ2) is 7.20. The molecule has 3 N–H and O–H groups in total. The number of benzene rings is 2. The van der Waals surface area contributed by atoms with E-state index in [1.165, 1.54) is 12.1 Å². The first-order valence-corrected chi connectivity index (χ1v) is 7.08. The second-order valence-electron chi connectivity index (χ2n) is 4.78. The summed E-state index contributed by atoms with van der Waals surface area (Å²) in [4.78, 5) is 11.8. The molecule has 0 radical (unpaired) electrons. The molecule has 110 valence electrons. The van der Waals surface area contributed by atoms with Crippen molar-refractivity contribution in [1.29, 1.82) is 0 Å². The molecule has 0 saturated heterocycles. The number of amides is 1. The Morgan fingerprint density at radius 3 is 2.62 bits per heavy atom. The van der Waals surface area contributed by atoms with E-state index in [1.807, 2.05) is 36.5 Å². The highest BCUT2D eigenvalue weighted by Gasteiger charge is 2.14. The lowest BCUT2D eigenvalue weighted by atomic mass is 10.1. The Morgan fingerprint density at radius 1 is 1.24 bits per heavy atom. The van der Waals surface area contributed by atoms with E-state index in [-0.39, 0.29) is 24.2 Å². The summed E-state index contributed by atoms with van der Waals surface area (Å²) in [7, 11) is 0. The normalized spacial score (nSPS) is 12.0. The van der Waals surface area contributed by atoms with E-state index in [2.05, 4.69) is 5.32 Å². The first-order chi connectivity index (χ1) is 10.1. The predicted octanol–water partition coefficient (Wildman–Crippen LogP) is 2.74. The molecule has 0 aromatic heterocycles. The van der Waals surface area contributed by atoms with Gasteiger partial charge in [0.1, 0.15) is 11.9 Å². The minimum atomic E-state index is -0.440. The van der Waals surface area contributed by atoms with E-state index in [4.69, 9.17) is 11.6 Å². The van der Waals surface area contributed by atoms with Gasteiger partial charge in [-0.3, -0.25) is 4.79 Å². The number of nitrogens with two attached hydrogens (primary N) is 1. The van der Waals surface area contributed by atoms with Gasteiger partial charge in [0.2, 0.25) is 0 Å². The molecule has 0 aliphatic rings. The van der Waals surface area contributed by atoms with Crippen molar-refractivity contribution < 1.29 is 14.5 Å². The summed E-state index contributed by atoms with van der Waals surface area (Å²) in [5.41, 5.74) is 1.17. The smallest absolute Gasteiger partial charge is 0.279 e. The van der Waals surface area contributed by atoms with Gasteiger partial charge >= 0.3 is 0 Å². The molecule has 1 amide bonds. The minimum absolute atomic E-state index is 0.0464. The number of para-hydroxylation sites is 1. The molecule has 0 bridgehead atoms. The Balaban J connectivity index is 1.90. The molecule has 0 spiro atoms. The van der Waals surface area contributed by atoms with Crippen molar-refractivity contribution in [2.75, 3.05) is 11.9 Å². The number of anilines is 1. The van der Waals surface area contributed by atoms with Crippen LogP contribution >= 0.6 is 11.6 Å². The van der Waals surface area contributed by atoms with Gasteiger partial charge in [-0.15, -0.1) is 0 Å². The van der Waals surface area contributed by atoms with Crippen LogP contribution in [0.15, 0.2) is 48.5 Å². The zero-order valence-corrected chi connectivity index (χ0v) is 12.4. The summed E-state index contributed by atoms with van der Waals surface area (Å²) < 4.78 is 13.4. The van der Waals surface area contributed by atoms with Crippen LogP contribution in [0.5, 0.6) is 0 Å². The molecule has 2 rings (SSSR count). The highest BCUT2D eigenvalue weighted by Crippen LogP contribution is 2.19. The van der Waals surface area contributed by atoms with Gasteiger partial charge in [0.05, 0.1) is 5.69 Å².